The number of ketones is 1. The molecular formula is C14H10FNOS. The Morgan fingerprint density at radius 3 is 2.94 bits per heavy atom. The van der Waals surface area contributed by atoms with Crippen molar-refractivity contribution < 1.29 is 9.18 Å². The summed E-state index contributed by atoms with van der Waals surface area (Å²) < 4.78 is 13.6. The minimum absolute atomic E-state index is 0.0719. The van der Waals surface area contributed by atoms with Gasteiger partial charge in [0.25, 0.3) is 0 Å². The van der Waals surface area contributed by atoms with Crippen LogP contribution in [0, 0.1) is 12.7 Å². The first-order valence-corrected chi connectivity index (χ1v) is 6.47. The number of thiazole rings is 1. The van der Waals surface area contributed by atoms with Crippen molar-refractivity contribution in [1.82, 2.24) is 4.98 Å². The van der Waals surface area contributed by atoms with Gasteiger partial charge >= 0.3 is 0 Å². The zero-order chi connectivity index (χ0) is 12.7. The van der Waals surface area contributed by atoms with Crippen LogP contribution < -0.4 is 0 Å². The summed E-state index contributed by atoms with van der Waals surface area (Å²) >= 11 is 1.49. The van der Waals surface area contributed by atoms with E-state index in [2.05, 4.69) is 4.98 Å². The number of hydrogen-bond donors (Lipinski definition) is 0. The average Bonchev–Trinajstić information content (AvgIpc) is 2.88. The lowest BCUT2D eigenvalue weighted by Crippen LogP contribution is -1.95. The van der Waals surface area contributed by atoms with Gasteiger partial charge < -0.3 is 0 Å². The summed E-state index contributed by atoms with van der Waals surface area (Å²) in [6, 6.07) is 4.65. The van der Waals surface area contributed by atoms with Crippen molar-refractivity contribution in [3.05, 3.63) is 56.8 Å². The summed E-state index contributed by atoms with van der Waals surface area (Å²) in [4.78, 5) is 17.2. The predicted octanol–water partition coefficient (Wildman–Crippen LogP) is 3.41. The lowest BCUT2D eigenvalue weighted by atomic mass is 10.1. The van der Waals surface area contributed by atoms with E-state index in [1.807, 2.05) is 13.0 Å². The molecule has 0 spiro atoms. The number of allylic oxidation sites excluding steroid dienone is 1. The highest BCUT2D eigenvalue weighted by atomic mass is 32.1. The molecule has 0 saturated carbocycles. The van der Waals surface area contributed by atoms with Crippen molar-refractivity contribution >= 4 is 23.2 Å². The van der Waals surface area contributed by atoms with Gasteiger partial charge in [-0.3, -0.25) is 4.79 Å². The van der Waals surface area contributed by atoms with E-state index in [1.54, 1.807) is 17.6 Å². The molecule has 90 valence electrons. The van der Waals surface area contributed by atoms with Crippen LogP contribution in [0.1, 0.15) is 26.5 Å². The molecule has 0 unspecified atom stereocenters. The van der Waals surface area contributed by atoms with Gasteiger partial charge in [0.2, 0.25) is 0 Å². The zero-order valence-electron chi connectivity index (χ0n) is 9.74. The fraction of sp³-hybridized carbons (Fsp3) is 0.143. The first kappa shape index (κ1) is 11.3. The molecule has 3 rings (SSSR count). The van der Waals surface area contributed by atoms with Gasteiger partial charge in [-0.1, -0.05) is 12.1 Å². The van der Waals surface area contributed by atoms with Gasteiger partial charge in [-0.25, -0.2) is 9.37 Å². The number of benzene rings is 1. The van der Waals surface area contributed by atoms with Crippen LogP contribution >= 0.6 is 11.3 Å². The largest absolute Gasteiger partial charge is 0.289 e. The molecule has 0 atom stereocenters. The fourth-order valence-electron chi connectivity index (χ4n) is 2.12. The highest BCUT2D eigenvalue weighted by molar-refractivity contribution is 7.10. The molecule has 0 fully saturated rings. The smallest absolute Gasteiger partial charge is 0.189 e. The molecule has 0 amide bonds. The number of Topliss-reactive ketones (excluding diaryl/α,β-unsaturated/α-hetero) is 1. The van der Waals surface area contributed by atoms with Gasteiger partial charge in [-0.15, -0.1) is 11.3 Å². The Morgan fingerprint density at radius 1 is 1.44 bits per heavy atom. The van der Waals surface area contributed by atoms with E-state index in [0.717, 1.165) is 10.6 Å². The van der Waals surface area contributed by atoms with Gasteiger partial charge in [-0.2, -0.15) is 0 Å². The van der Waals surface area contributed by atoms with E-state index in [4.69, 9.17) is 0 Å². The minimum atomic E-state index is -0.301. The van der Waals surface area contributed by atoms with Crippen molar-refractivity contribution in [2.45, 2.75) is 13.3 Å². The van der Waals surface area contributed by atoms with Crippen molar-refractivity contribution in [3.63, 3.8) is 0 Å². The van der Waals surface area contributed by atoms with E-state index in [9.17, 15) is 9.18 Å². The maximum absolute atomic E-state index is 13.6. The van der Waals surface area contributed by atoms with E-state index in [0.29, 0.717) is 23.1 Å². The topological polar surface area (TPSA) is 30.0 Å². The molecular weight excluding hydrogens is 249 g/mol. The SMILES string of the molecule is Cc1ncsc1C=C1Cc2c(F)cccc2C1=O. The molecule has 1 aromatic carbocycles. The maximum Gasteiger partial charge on any atom is 0.189 e. The minimum Gasteiger partial charge on any atom is -0.289 e. The van der Waals surface area contributed by atoms with E-state index in [1.165, 1.54) is 17.4 Å². The Kier molecular flexibility index (Phi) is 2.59. The number of halogens is 1. The average molecular weight is 259 g/mol. The first-order chi connectivity index (χ1) is 8.66. The summed E-state index contributed by atoms with van der Waals surface area (Å²) in [5, 5.41) is 0. The van der Waals surface area contributed by atoms with Gasteiger partial charge in [0.1, 0.15) is 5.82 Å². The summed E-state index contributed by atoms with van der Waals surface area (Å²) in [6.45, 7) is 1.90. The Morgan fingerprint density at radius 2 is 2.28 bits per heavy atom. The van der Waals surface area contributed by atoms with Crippen molar-refractivity contribution in [1.29, 1.82) is 0 Å². The molecule has 1 aromatic heterocycles. The van der Waals surface area contributed by atoms with E-state index in [-0.39, 0.29) is 11.6 Å². The van der Waals surface area contributed by atoms with Gasteiger partial charge in [0, 0.05) is 23.1 Å². The molecule has 1 aliphatic carbocycles. The Labute approximate surface area is 108 Å². The van der Waals surface area contributed by atoms with E-state index >= 15 is 0 Å². The second-order valence-corrected chi connectivity index (χ2v) is 5.13. The standard InChI is InChI=1S/C14H10FNOS/c1-8-13(18-7-16-8)6-9-5-11-10(14(9)17)3-2-4-12(11)15/h2-4,6-7H,5H2,1H3. The number of aromatic nitrogens is 1. The molecule has 0 N–H and O–H groups in total. The third-order valence-corrected chi connectivity index (χ3v) is 3.99. The Bertz CT molecular complexity index is 672. The Hall–Kier alpha value is -1.81. The molecule has 4 heteroatoms. The summed E-state index contributed by atoms with van der Waals surface area (Å²) in [5.74, 6) is -0.373. The molecule has 0 saturated heterocycles. The van der Waals surface area contributed by atoms with Crippen LogP contribution in [0.5, 0.6) is 0 Å². The monoisotopic (exact) mass is 259 g/mol. The van der Waals surface area contributed by atoms with Crippen LogP contribution in [0.15, 0.2) is 29.3 Å². The van der Waals surface area contributed by atoms with Gasteiger partial charge in [-0.05, 0) is 19.1 Å². The van der Waals surface area contributed by atoms with Gasteiger partial charge in [0.05, 0.1) is 16.1 Å². The van der Waals surface area contributed by atoms with Gasteiger partial charge in [0.15, 0.2) is 5.78 Å². The molecule has 18 heavy (non-hydrogen) atoms. The second kappa shape index (κ2) is 4.14. The number of aryl methyl sites for hydroxylation is 1. The zero-order valence-corrected chi connectivity index (χ0v) is 10.6. The van der Waals surface area contributed by atoms with Crippen molar-refractivity contribution in [2.75, 3.05) is 0 Å². The molecule has 2 nitrogen and oxygen atoms in total. The number of fused-ring (bicyclic) bond motifs is 1. The molecule has 1 heterocycles. The Balaban J connectivity index is 2.05. The number of carbonyl (C=O) groups excluding carboxylic acids is 1. The number of carbonyl (C=O) groups is 1. The molecule has 0 aliphatic heterocycles. The summed E-state index contributed by atoms with van der Waals surface area (Å²) in [5.41, 5.74) is 4.29. The number of rotatable bonds is 1. The van der Waals surface area contributed by atoms with Crippen LogP contribution in [-0.4, -0.2) is 10.8 Å². The predicted molar refractivity (Wildman–Crippen MR) is 69.3 cm³/mol. The quantitative estimate of drug-likeness (QED) is 0.734. The second-order valence-electron chi connectivity index (χ2n) is 4.24. The highest BCUT2D eigenvalue weighted by Gasteiger charge is 2.27. The van der Waals surface area contributed by atoms with E-state index < -0.39 is 0 Å². The molecule has 1 aliphatic rings. The fourth-order valence-corrected chi connectivity index (χ4v) is 2.88. The molecule has 0 bridgehead atoms. The van der Waals surface area contributed by atoms with Crippen LogP contribution in [0.3, 0.4) is 0 Å². The molecule has 2 aromatic rings. The third kappa shape index (κ3) is 1.69. The number of hydrogen-bond acceptors (Lipinski definition) is 3. The maximum atomic E-state index is 13.6. The van der Waals surface area contributed by atoms with Crippen LogP contribution in [-0.2, 0) is 6.42 Å². The summed E-state index contributed by atoms with van der Waals surface area (Å²) in [6.07, 6.45) is 2.20. The third-order valence-electron chi connectivity index (χ3n) is 3.11. The number of nitrogens with zero attached hydrogens (tertiary/aromatic N) is 1. The molecule has 0 radical (unpaired) electrons. The van der Waals surface area contributed by atoms with Crippen molar-refractivity contribution in [3.8, 4) is 0 Å². The van der Waals surface area contributed by atoms with Crippen LogP contribution in [0.25, 0.3) is 6.08 Å². The lowest BCUT2D eigenvalue weighted by molar-refractivity contribution is 0.104. The van der Waals surface area contributed by atoms with Crippen LogP contribution in [0.4, 0.5) is 4.39 Å². The normalized spacial score (nSPS) is 16.3. The highest BCUT2D eigenvalue weighted by Crippen LogP contribution is 2.30. The lowest BCUT2D eigenvalue weighted by Gasteiger charge is -1.95. The summed E-state index contributed by atoms with van der Waals surface area (Å²) in [7, 11) is 0. The van der Waals surface area contributed by atoms with Crippen LogP contribution in [0.2, 0.25) is 0 Å². The van der Waals surface area contributed by atoms with Crippen molar-refractivity contribution in [2.24, 2.45) is 0 Å². The first-order valence-electron chi connectivity index (χ1n) is 5.59.